The van der Waals surface area contributed by atoms with Crippen molar-refractivity contribution < 1.29 is 19.8 Å². The molecule has 2 aliphatic carbocycles. The summed E-state index contributed by atoms with van der Waals surface area (Å²) in [6.45, 7) is 1.80. The minimum Gasteiger partial charge on any atom is -0.549 e. The van der Waals surface area contributed by atoms with Crippen LogP contribution >= 0.6 is 0 Å². The van der Waals surface area contributed by atoms with Crippen LogP contribution in [0.2, 0.25) is 0 Å². The first-order valence-corrected chi connectivity index (χ1v) is 4.81. The highest BCUT2D eigenvalue weighted by molar-refractivity contribution is 5.91. The summed E-state index contributed by atoms with van der Waals surface area (Å²) in [7, 11) is 0. The van der Waals surface area contributed by atoms with Crippen LogP contribution in [-0.2, 0) is 9.59 Å². The van der Waals surface area contributed by atoms with Crippen LogP contribution in [0.1, 0.15) is 19.8 Å². The van der Waals surface area contributed by atoms with Crippen LogP contribution in [-0.4, -0.2) is 11.9 Å². The Morgan fingerprint density at radius 2 is 2.13 bits per heavy atom. The zero-order valence-corrected chi connectivity index (χ0v) is 8.28. The van der Waals surface area contributed by atoms with E-state index in [0.717, 1.165) is 0 Å². The van der Waals surface area contributed by atoms with Crippen LogP contribution < -0.4 is 10.2 Å². The largest absolute Gasteiger partial charge is 0.549 e. The molecular weight excluding hydrogens is 196 g/mol. The summed E-state index contributed by atoms with van der Waals surface area (Å²) in [6, 6.07) is 0. The predicted octanol–water partition coefficient (Wildman–Crippen LogP) is -1.23. The summed E-state index contributed by atoms with van der Waals surface area (Å²) in [5.74, 6) is -2.48. The van der Waals surface area contributed by atoms with E-state index in [1.54, 1.807) is 6.92 Å². The van der Waals surface area contributed by atoms with Crippen LogP contribution in [0.25, 0.3) is 0 Å². The second-order valence-electron chi connectivity index (χ2n) is 4.25. The van der Waals surface area contributed by atoms with E-state index in [2.05, 4.69) is 0 Å². The van der Waals surface area contributed by atoms with Gasteiger partial charge in [-0.2, -0.15) is 0 Å². The molecule has 4 nitrogen and oxygen atoms in total. The molecular formula is C11H10O4-2. The molecule has 0 amide bonds. The molecule has 0 heterocycles. The number of rotatable bonds is 2. The lowest BCUT2D eigenvalue weighted by molar-refractivity contribution is -0.318. The standard InChI is InChI=1S/C11H12O4/c1-6-4-7-5-11(6,10(14)15)3-2-8(7)9(12)13/h2-3,6H,4-5H2,1H3,(H,12,13)(H,14,15)/p-2. The minimum absolute atomic E-state index is 0.120. The lowest BCUT2D eigenvalue weighted by atomic mass is 9.77. The summed E-state index contributed by atoms with van der Waals surface area (Å²) in [5.41, 5.74) is -0.209. The van der Waals surface area contributed by atoms with E-state index in [9.17, 15) is 19.8 Å². The van der Waals surface area contributed by atoms with E-state index >= 15 is 0 Å². The monoisotopic (exact) mass is 206 g/mol. The molecule has 80 valence electrons. The Morgan fingerprint density at radius 3 is 2.67 bits per heavy atom. The summed E-state index contributed by atoms with van der Waals surface area (Å²) < 4.78 is 0. The second-order valence-corrected chi connectivity index (χ2v) is 4.25. The minimum atomic E-state index is -1.23. The molecule has 4 heteroatoms. The number of carboxylic acid groups (broad SMARTS) is 2. The summed E-state index contributed by atoms with van der Waals surface area (Å²) in [5, 5.41) is 21.8. The first-order chi connectivity index (χ1) is 6.97. The Bertz CT molecular complexity index is 405. The third-order valence-corrected chi connectivity index (χ3v) is 3.47. The van der Waals surface area contributed by atoms with Gasteiger partial charge < -0.3 is 19.8 Å². The maximum Gasteiger partial charge on any atom is 0.0714 e. The number of carbonyl (C=O) groups is 2. The van der Waals surface area contributed by atoms with Crippen LogP contribution in [0.4, 0.5) is 0 Å². The Hall–Kier alpha value is -1.58. The zero-order chi connectivity index (χ0) is 11.2. The molecule has 0 aromatic carbocycles. The average Bonchev–Trinajstić information content (AvgIpc) is 2.39. The van der Waals surface area contributed by atoms with Gasteiger partial charge in [-0.05, 0) is 24.3 Å². The van der Waals surface area contributed by atoms with E-state index in [1.165, 1.54) is 12.2 Å². The van der Waals surface area contributed by atoms with Crippen molar-refractivity contribution in [1.29, 1.82) is 0 Å². The molecule has 0 aromatic rings. The maximum atomic E-state index is 11.1. The second kappa shape index (κ2) is 2.95. The molecule has 0 radical (unpaired) electrons. The van der Waals surface area contributed by atoms with Crippen molar-refractivity contribution in [3.8, 4) is 0 Å². The van der Waals surface area contributed by atoms with Gasteiger partial charge in [-0.1, -0.05) is 24.6 Å². The normalized spacial score (nSPS) is 33.3. The van der Waals surface area contributed by atoms with Gasteiger partial charge >= 0.3 is 0 Å². The Morgan fingerprint density at radius 1 is 1.47 bits per heavy atom. The molecule has 2 aliphatic rings. The van der Waals surface area contributed by atoms with Gasteiger partial charge in [0.25, 0.3) is 0 Å². The zero-order valence-electron chi connectivity index (χ0n) is 8.28. The van der Waals surface area contributed by atoms with Crippen molar-refractivity contribution in [3.63, 3.8) is 0 Å². The quantitative estimate of drug-likeness (QED) is 0.566. The number of allylic oxidation sites excluding steroid dienone is 1. The van der Waals surface area contributed by atoms with Gasteiger partial charge in [0.2, 0.25) is 0 Å². The van der Waals surface area contributed by atoms with Crippen molar-refractivity contribution >= 4 is 11.9 Å². The molecule has 15 heavy (non-hydrogen) atoms. The van der Waals surface area contributed by atoms with E-state index in [0.29, 0.717) is 12.0 Å². The molecule has 0 aliphatic heterocycles. The Labute approximate surface area is 86.9 Å². The van der Waals surface area contributed by atoms with E-state index in [-0.39, 0.29) is 17.9 Å². The molecule has 2 atom stereocenters. The van der Waals surface area contributed by atoms with Gasteiger partial charge in [0.15, 0.2) is 0 Å². The van der Waals surface area contributed by atoms with Gasteiger partial charge in [-0.25, -0.2) is 0 Å². The third kappa shape index (κ3) is 1.21. The van der Waals surface area contributed by atoms with Crippen LogP contribution in [0.5, 0.6) is 0 Å². The molecule has 1 fully saturated rings. The SMILES string of the molecule is CC1CC2=C(C(=O)[O-])C=CC1(C(=O)[O-])C2. The fourth-order valence-electron chi connectivity index (χ4n) is 2.48. The van der Waals surface area contributed by atoms with Gasteiger partial charge in [0.05, 0.1) is 11.9 Å². The highest BCUT2D eigenvalue weighted by atomic mass is 16.4. The molecule has 2 bridgehead atoms. The number of hydrogen-bond acceptors (Lipinski definition) is 4. The lowest BCUT2D eigenvalue weighted by Crippen LogP contribution is -2.43. The molecule has 2 rings (SSSR count). The van der Waals surface area contributed by atoms with Crippen molar-refractivity contribution in [2.24, 2.45) is 11.3 Å². The maximum absolute atomic E-state index is 11.1. The van der Waals surface area contributed by atoms with Crippen molar-refractivity contribution in [2.75, 3.05) is 0 Å². The van der Waals surface area contributed by atoms with E-state index in [1.807, 2.05) is 0 Å². The van der Waals surface area contributed by atoms with Crippen LogP contribution in [0, 0.1) is 11.3 Å². The van der Waals surface area contributed by atoms with Crippen LogP contribution in [0.3, 0.4) is 0 Å². The van der Waals surface area contributed by atoms with Gasteiger partial charge in [-0.15, -0.1) is 0 Å². The van der Waals surface area contributed by atoms with Crippen molar-refractivity contribution in [3.05, 3.63) is 23.3 Å². The molecule has 2 unspecified atom stereocenters. The summed E-state index contributed by atoms with van der Waals surface area (Å²) >= 11 is 0. The number of hydrogen-bond donors (Lipinski definition) is 0. The molecule has 0 saturated heterocycles. The highest BCUT2D eigenvalue weighted by Crippen LogP contribution is 2.50. The summed E-state index contributed by atoms with van der Waals surface area (Å²) in [4.78, 5) is 21.8. The lowest BCUT2D eigenvalue weighted by Gasteiger charge is -2.32. The van der Waals surface area contributed by atoms with Gasteiger partial charge in [0.1, 0.15) is 0 Å². The number of aliphatic carboxylic acids is 2. The van der Waals surface area contributed by atoms with Crippen molar-refractivity contribution in [1.82, 2.24) is 0 Å². The van der Waals surface area contributed by atoms with Crippen LogP contribution in [0.15, 0.2) is 23.3 Å². The fourth-order valence-corrected chi connectivity index (χ4v) is 2.48. The van der Waals surface area contributed by atoms with Gasteiger partial charge in [0, 0.05) is 5.41 Å². The summed E-state index contributed by atoms with van der Waals surface area (Å²) in [6.07, 6.45) is 3.52. The molecule has 0 N–H and O–H groups in total. The first-order valence-electron chi connectivity index (χ1n) is 4.81. The number of carboxylic acids is 2. The number of carbonyl (C=O) groups excluding carboxylic acids is 2. The first kappa shape index (κ1) is 9.96. The fraction of sp³-hybridized carbons (Fsp3) is 0.455. The molecule has 1 saturated carbocycles. The topological polar surface area (TPSA) is 80.3 Å². The van der Waals surface area contributed by atoms with E-state index in [4.69, 9.17) is 0 Å². The molecule has 0 aromatic heterocycles. The smallest absolute Gasteiger partial charge is 0.0714 e. The predicted molar refractivity (Wildman–Crippen MR) is 47.0 cm³/mol. The Kier molecular flexibility index (Phi) is 1.96. The average molecular weight is 206 g/mol. The number of fused-ring (bicyclic) bond motifs is 2. The highest BCUT2D eigenvalue weighted by Gasteiger charge is 2.44. The van der Waals surface area contributed by atoms with Gasteiger partial charge in [-0.3, -0.25) is 0 Å². The molecule has 0 spiro atoms. The Balaban J connectivity index is 2.46. The third-order valence-electron chi connectivity index (χ3n) is 3.47. The van der Waals surface area contributed by atoms with E-state index < -0.39 is 17.4 Å². The van der Waals surface area contributed by atoms with Crippen molar-refractivity contribution in [2.45, 2.75) is 19.8 Å².